The van der Waals surface area contributed by atoms with Crippen LogP contribution in [0.1, 0.15) is 52.5 Å². The predicted molar refractivity (Wildman–Crippen MR) is 183 cm³/mol. The van der Waals surface area contributed by atoms with E-state index in [1.807, 2.05) is 18.2 Å². The Hall–Kier alpha value is -4.01. The minimum Gasteiger partial charge on any atom is -0.493 e. The molecule has 0 spiro atoms. The second-order valence-electron chi connectivity index (χ2n) is 11.2. The third-order valence-electron chi connectivity index (χ3n) is 8.67. The zero-order valence-electron chi connectivity index (χ0n) is 24.5. The number of carbonyl (C=O) groups excluding carboxylic acids is 1. The lowest BCUT2D eigenvalue weighted by molar-refractivity contribution is -0.115. The van der Waals surface area contributed by atoms with E-state index < -0.39 is 0 Å². The van der Waals surface area contributed by atoms with Crippen molar-refractivity contribution in [1.82, 2.24) is 5.32 Å². The van der Waals surface area contributed by atoms with Gasteiger partial charge in [-0.2, -0.15) is 0 Å². The van der Waals surface area contributed by atoms with Crippen molar-refractivity contribution in [3.8, 4) is 11.5 Å². The van der Waals surface area contributed by atoms with E-state index in [0.717, 1.165) is 41.7 Å². The summed E-state index contributed by atoms with van der Waals surface area (Å²) in [6.07, 6.45) is 3.97. The Morgan fingerprint density at radius 3 is 2.00 bits per heavy atom. The number of methoxy groups -OCH3 is 2. The number of carbonyl (C=O) groups is 1. The first-order valence-electron chi connectivity index (χ1n) is 14.8. The quantitative estimate of drug-likeness (QED) is 0.210. The molecule has 1 saturated heterocycles. The van der Waals surface area contributed by atoms with Crippen molar-refractivity contribution in [2.75, 3.05) is 32.2 Å². The number of amidine groups is 1. The Kier molecular flexibility index (Phi) is 7.95. The zero-order valence-corrected chi connectivity index (χ0v) is 27.0. The molecule has 1 fully saturated rings. The molecule has 3 aliphatic heterocycles. The highest BCUT2D eigenvalue weighted by molar-refractivity contribution is 9.10. The molecule has 0 aromatic heterocycles. The van der Waals surface area contributed by atoms with Crippen LogP contribution in [0.4, 0.5) is 11.4 Å². The van der Waals surface area contributed by atoms with Gasteiger partial charge in [-0.25, -0.2) is 4.99 Å². The van der Waals surface area contributed by atoms with Crippen LogP contribution in [0, 0.1) is 0 Å². The summed E-state index contributed by atoms with van der Waals surface area (Å²) in [6.45, 7) is 2.08. The van der Waals surface area contributed by atoms with E-state index in [1.54, 1.807) is 14.2 Å². The molecule has 6 nitrogen and oxygen atoms in total. The molecule has 0 bridgehead atoms. The van der Waals surface area contributed by atoms with Crippen LogP contribution in [0.5, 0.6) is 11.5 Å². The number of hydrogen-bond acceptors (Lipinski definition) is 6. The fourth-order valence-corrected chi connectivity index (χ4v) is 7.89. The number of halogens is 1. The van der Waals surface area contributed by atoms with E-state index in [1.165, 1.54) is 39.7 Å². The summed E-state index contributed by atoms with van der Waals surface area (Å²) < 4.78 is 11.7. The number of aliphatic imine (C=N–C) groups is 1. The fourth-order valence-electron chi connectivity index (χ4n) is 6.62. The molecule has 8 heteroatoms. The van der Waals surface area contributed by atoms with E-state index >= 15 is 0 Å². The number of hydrogen-bond donors (Lipinski definition) is 1. The van der Waals surface area contributed by atoms with Crippen LogP contribution in [-0.4, -0.2) is 38.4 Å². The van der Waals surface area contributed by atoms with Crippen molar-refractivity contribution in [3.05, 3.63) is 122 Å². The van der Waals surface area contributed by atoms with E-state index in [-0.39, 0.29) is 5.91 Å². The molecule has 3 heterocycles. The smallest absolute Gasteiger partial charge is 0.264 e. The van der Waals surface area contributed by atoms with Crippen molar-refractivity contribution in [3.63, 3.8) is 0 Å². The molecule has 1 amide bonds. The maximum absolute atomic E-state index is 13.1. The standard InChI is InChI=1S/C36H32BrN3O3S/c1-42-31-17-24(30(37)21-32(31)43-2)18-33-35(41)39-36(44-33)38-25-19-28-26(22-9-5-3-6-10-22)13-15-40-16-14-27(29(20-25)34(28)40)23-11-7-4-8-12-23/h3-12,17-21,26-27H,13-16H2,1-2H3,(H,38,39,41)/b33-18-/t26-,27-/m0/s1. The molecular formula is C36H32BrN3O3S. The average molecular weight is 667 g/mol. The van der Waals surface area contributed by atoms with Crippen molar-refractivity contribution < 1.29 is 14.3 Å². The molecule has 0 saturated carbocycles. The van der Waals surface area contributed by atoms with Gasteiger partial charge in [0.2, 0.25) is 0 Å². The largest absolute Gasteiger partial charge is 0.493 e. The molecule has 2 atom stereocenters. The van der Waals surface area contributed by atoms with Gasteiger partial charge in [-0.1, -0.05) is 76.6 Å². The van der Waals surface area contributed by atoms with Gasteiger partial charge in [-0.3, -0.25) is 4.79 Å². The first kappa shape index (κ1) is 28.7. The number of ether oxygens (including phenoxy) is 2. The van der Waals surface area contributed by atoms with Crippen molar-refractivity contribution in [1.29, 1.82) is 0 Å². The van der Waals surface area contributed by atoms with Crippen LogP contribution < -0.4 is 19.7 Å². The zero-order chi connectivity index (χ0) is 30.2. The molecule has 0 unspecified atom stereocenters. The third kappa shape index (κ3) is 5.41. The Balaban J connectivity index is 1.29. The number of rotatable bonds is 6. The van der Waals surface area contributed by atoms with E-state index in [9.17, 15) is 4.79 Å². The van der Waals surface area contributed by atoms with Gasteiger partial charge in [0.05, 0.1) is 24.8 Å². The first-order chi connectivity index (χ1) is 21.5. The van der Waals surface area contributed by atoms with Crippen LogP contribution >= 0.6 is 27.7 Å². The lowest BCUT2D eigenvalue weighted by atomic mass is 9.76. The molecule has 1 N–H and O–H groups in total. The Labute approximate surface area is 270 Å². The maximum atomic E-state index is 13.1. The maximum Gasteiger partial charge on any atom is 0.264 e. The summed E-state index contributed by atoms with van der Waals surface area (Å²) in [5.41, 5.74) is 8.33. The minimum absolute atomic E-state index is 0.176. The van der Waals surface area contributed by atoms with E-state index in [4.69, 9.17) is 14.5 Å². The highest BCUT2D eigenvalue weighted by Crippen LogP contribution is 2.50. The van der Waals surface area contributed by atoms with E-state index in [0.29, 0.717) is 33.4 Å². The topological polar surface area (TPSA) is 63.2 Å². The van der Waals surface area contributed by atoms with Crippen LogP contribution in [0.2, 0.25) is 0 Å². The Morgan fingerprint density at radius 2 is 1.43 bits per heavy atom. The lowest BCUT2D eigenvalue weighted by Gasteiger charge is -2.43. The van der Waals surface area contributed by atoms with Crippen molar-refractivity contribution in [2.45, 2.75) is 24.7 Å². The van der Waals surface area contributed by atoms with Gasteiger partial charge < -0.3 is 19.7 Å². The number of nitrogens with zero attached hydrogens (tertiary/aromatic N) is 2. The van der Waals surface area contributed by atoms with Gasteiger partial charge in [0.25, 0.3) is 5.91 Å². The molecule has 0 aliphatic carbocycles. The number of nitrogens with one attached hydrogen (secondary N) is 1. The van der Waals surface area contributed by atoms with Crippen molar-refractivity contribution >= 4 is 56.2 Å². The summed E-state index contributed by atoms with van der Waals surface area (Å²) >= 11 is 4.95. The molecule has 222 valence electrons. The van der Waals surface area contributed by atoms with Gasteiger partial charge >= 0.3 is 0 Å². The molecule has 0 radical (unpaired) electrons. The Bertz CT molecular complexity index is 1720. The number of thioether (sulfide) groups is 1. The normalized spacial score (nSPS) is 20.9. The SMILES string of the molecule is COc1cc(Br)c(/C=C2\SC(=Nc3cc4c5c(c3)[C@H](c3ccccc3)CCN5CC[C@H]4c3ccccc3)NC2=O)cc1OC. The van der Waals surface area contributed by atoms with Gasteiger partial charge in [0, 0.05) is 35.1 Å². The molecule has 4 aromatic rings. The monoisotopic (exact) mass is 665 g/mol. The number of amides is 1. The number of benzene rings is 4. The van der Waals surface area contributed by atoms with Gasteiger partial charge in [-0.05, 0) is 82.8 Å². The summed E-state index contributed by atoms with van der Waals surface area (Å²) in [6, 6.07) is 29.8. The second kappa shape index (κ2) is 12.2. The number of anilines is 1. The van der Waals surface area contributed by atoms with Crippen LogP contribution in [0.15, 0.2) is 99.3 Å². The van der Waals surface area contributed by atoms with Crippen LogP contribution in [0.25, 0.3) is 6.08 Å². The lowest BCUT2D eigenvalue weighted by Crippen LogP contribution is -2.37. The molecule has 4 aromatic carbocycles. The summed E-state index contributed by atoms with van der Waals surface area (Å²) in [4.78, 5) is 21.3. The first-order valence-corrected chi connectivity index (χ1v) is 16.4. The van der Waals surface area contributed by atoms with E-state index in [2.05, 4.69) is 98.9 Å². The van der Waals surface area contributed by atoms with Gasteiger partial charge in [0.1, 0.15) is 0 Å². The second-order valence-corrected chi connectivity index (χ2v) is 13.1. The molecule has 44 heavy (non-hydrogen) atoms. The average Bonchev–Trinajstić information content (AvgIpc) is 3.40. The highest BCUT2D eigenvalue weighted by atomic mass is 79.9. The van der Waals surface area contributed by atoms with Crippen LogP contribution in [-0.2, 0) is 4.79 Å². The summed E-state index contributed by atoms with van der Waals surface area (Å²) in [5.74, 6) is 1.62. The minimum atomic E-state index is -0.176. The molecule has 7 rings (SSSR count). The fraction of sp³-hybridized carbons (Fsp3) is 0.222. The molecule has 3 aliphatic rings. The van der Waals surface area contributed by atoms with Crippen molar-refractivity contribution in [2.24, 2.45) is 4.99 Å². The summed E-state index contributed by atoms with van der Waals surface area (Å²) in [5, 5.41) is 3.56. The predicted octanol–water partition coefficient (Wildman–Crippen LogP) is 8.24. The van der Waals surface area contributed by atoms with Gasteiger partial charge in [0.15, 0.2) is 16.7 Å². The summed E-state index contributed by atoms with van der Waals surface area (Å²) in [7, 11) is 3.20. The van der Waals surface area contributed by atoms with Crippen LogP contribution in [0.3, 0.4) is 0 Å². The third-order valence-corrected chi connectivity index (χ3v) is 10.3. The van der Waals surface area contributed by atoms with Gasteiger partial charge in [-0.15, -0.1) is 0 Å². The highest BCUT2D eigenvalue weighted by Gasteiger charge is 2.35. The Morgan fingerprint density at radius 1 is 0.864 bits per heavy atom. The molecular weight excluding hydrogens is 634 g/mol.